The minimum atomic E-state index is 0.0238. The van der Waals surface area contributed by atoms with Crippen molar-refractivity contribution in [1.29, 1.82) is 0 Å². The molecule has 1 aliphatic rings. The summed E-state index contributed by atoms with van der Waals surface area (Å²) in [6, 6.07) is 7.21. The van der Waals surface area contributed by atoms with Gasteiger partial charge in [-0.1, -0.05) is 17.7 Å². The Morgan fingerprint density at radius 1 is 1.44 bits per heavy atom. The van der Waals surface area contributed by atoms with Crippen molar-refractivity contribution < 1.29 is 9.90 Å². The van der Waals surface area contributed by atoms with Crippen molar-refractivity contribution in [1.82, 2.24) is 4.90 Å². The van der Waals surface area contributed by atoms with Crippen molar-refractivity contribution in [2.45, 2.75) is 31.7 Å². The SMILES string of the molecule is O=C(c1cccc(Cl)c1)N1CCCC[C@@H]1CCO. The first kappa shape index (κ1) is 13.4. The highest BCUT2D eigenvalue weighted by Gasteiger charge is 2.26. The highest BCUT2D eigenvalue weighted by Crippen LogP contribution is 2.22. The zero-order chi connectivity index (χ0) is 13.0. The molecule has 0 radical (unpaired) electrons. The van der Waals surface area contributed by atoms with Crippen molar-refractivity contribution in [3.63, 3.8) is 0 Å². The Morgan fingerprint density at radius 3 is 3.00 bits per heavy atom. The molecule has 0 aromatic heterocycles. The minimum Gasteiger partial charge on any atom is -0.396 e. The van der Waals surface area contributed by atoms with Crippen molar-refractivity contribution in [2.24, 2.45) is 0 Å². The van der Waals surface area contributed by atoms with E-state index < -0.39 is 0 Å². The lowest BCUT2D eigenvalue weighted by molar-refractivity contribution is 0.0574. The van der Waals surface area contributed by atoms with Gasteiger partial charge in [0.15, 0.2) is 0 Å². The van der Waals surface area contributed by atoms with Crippen molar-refractivity contribution in [3.8, 4) is 0 Å². The quantitative estimate of drug-likeness (QED) is 0.915. The minimum absolute atomic E-state index is 0.0238. The van der Waals surface area contributed by atoms with E-state index in [1.54, 1.807) is 24.3 Å². The van der Waals surface area contributed by atoms with Crippen molar-refractivity contribution >= 4 is 17.5 Å². The third-order valence-electron chi connectivity index (χ3n) is 3.42. The molecule has 1 saturated heterocycles. The predicted octanol–water partition coefficient (Wildman–Crippen LogP) is 2.72. The van der Waals surface area contributed by atoms with Crippen LogP contribution in [0.3, 0.4) is 0 Å². The lowest BCUT2D eigenvalue weighted by Crippen LogP contribution is -2.44. The van der Waals surface area contributed by atoms with E-state index in [0.717, 1.165) is 25.8 Å². The van der Waals surface area contributed by atoms with E-state index in [1.165, 1.54) is 0 Å². The number of likely N-dealkylation sites (tertiary alicyclic amines) is 1. The molecule has 0 aliphatic carbocycles. The van der Waals surface area contributed by atoms with Gasteiger partial charge in [-0.05, 0) is 43.9 Å². The molecule has 3 nitrogen and oxygen atoms in total. The Bertz CT molecular complexity index is 420. The van der Waals surface area contributed by atoms with Gasteiger partial charge in [0, 0.05) is 29.8 Å². The van der Waals surface area contributed by atoms with E-state index in [1.807, 2.05) is 4.90 Å². The Balaban J connectivity index is 2.15. The summed E-state index contributed by atoms with van der Waals surface area (Å²) in [5.74, 6) is 0.0238. The first-order valence-corrected chi connectivity index (χ1v) is 6.77. The van der Waals surface area contributed by atoms with Gasteiger partial charge in [-0.15, -0.1) is 0 Å². The molecule has 0 bridgehead atoms. The molecule has 1 aromatic carbocycles. The highest BCUT2D eigenvalue weighted by molar-refractivity contribution is 6.30. The molecule has 98 valence electrons. The molecule has 1 N–H and O–H groups in total. The van der Waals surface area contributed by atoms with Crippen LogP contribution in [-0.2, 0) is 0 Å². The van der Waals surface area contributed by atoms with Gasteiger partial charge in [0.05, 0.1) is 0 Å². The first-order chi connectivity index (χ1) is 8.72. The number of piperidine rings is 1. The molecular weight excluding hydrogens is 250 g/mol. The van der Waals surface area contributed by atoms with Crippen LogP contribution in [0, 0.1) is 0 Å². The largest absolute Gasteiger partial charge is 0.396 e. The molecule has 2 rings (SSSR count). The summed E-state index contributed by atoms with van der Waals surface area (Å²) < 4.78 is 0. The number of hydrogen-bond acceptors (Lipinski definition) is 2. The molecule has 18 heavy (non-hydrogen) atoms. The highest BCUT2D eigenvalue weighted by atomic mass is 35.5. The van der Waals surface area contributed by atoms with Crippen LogP contribution in [0.15, 0.2) is 24.3 Å². The van der Waals surface area contributed by atoms with Gasteiger partial charge < -0.3 is 10.0 Å². The number of hydrogen-bond donors (Lipinski definition) is 1. The number of halogens is 1. The topological polar surface area (TPSA) is 40.5 Å². The van der Waals surface area contributed by atoms with Crippen LogP contribution in [-0.4, -0.2) is 35.1 Å². The number of nitrogens with zero attached hydrogens (tertiary/aromatic N) is 1. The molecule has 1 amide bonds. The Morgan fingerprint density at radius 2 is 2.28 bits per heavy atom. The van der Waals surface area contributed by atoms with Gasteiger partial charge >= 0.3 is 0 Å². The van der Waals surface area contributed by atoms with E-state index >= 15 is 0 Å². The van der Waals surface area contributed by atoms with Gasteiger partial charge in [-0.25, -0.2) is 0 Å². The van der Waals surface area contributed by atoms with Gasteiger partial charge in [0.2, 0.25) is 0 Å². The standard InChI is InChI=1S/C14H18ClNO2/c15-12-5-3-4-11(10-12)14(18)16-8-2-1-6-13(16)7-9-17/h3-5,10,13,17H,1-2,6-9H2/t13-/m1/s1. The van der Waals surface area contributed by atoms with E-state index in [-0.39, 0.29) is 18.6 Å². The monoisotopic (exact) mass is 267 g/mol. The molecule has 0 saturated carbocycles. The second-order valence-electron chi connectivity index (χ2n) is 4.67. The number of aliphatic hydroxyl groups is 1. The summed E-state index contributed by atoms with van der Waals surface area (Å²) in [5, 5.41) is 9.65. The zero-order valence-corrected chi connectivity index (χ0v) is 11.1. The number of carbonyl (C=O) groups excluding carboxylic acids is 1. The molecule has 1 heterocycles. The van der Waals surface area contributed by atoms with E-state index in [9.17, 15) is 4.79 Å². The summed E-state index contributed by atoms with van der Waals surface area (Å²) >= 11 is 5.91. The van der Waals surface area contributed by atoms with Gasteiger partial charge in [0.25, 0.3) is 5.91 Å². The van der Waals surface area contributed by atoms with Crippen LogP contribution in [0.2, 0.25) is 5.02 Å². The first-order valence-electron chi connectivity index (χ1n) is 6.40. The van der Waals surface area contributed by atoms with Crippen LogP contribution < -0.4 is 0 Å². The summed E-state index contributed by atoms with van der Waals surface area (Å²) in [6.45, 7) is 0.903. The fraction of sp³-hybridized carbons (Fsp3) is 0.500. The molecule has 1 aromatic rings. The van der Waals surface area contributed by atoms with Gasteiger partial charge in [-0.3, -0.25) is 4.79 Å². The smallest absolute Gasteiger partial charge is 0.254 e. The summed E-state index contributed by atoms with van der Waals surface area (Å²) in [5.41, 5.74) is 0.632. The molecular formula is C14H18ClNO2. The number of rotatable bonds is 3. The molecule has 1 atom stereocenters. The maximum absolute atomic E-state index is 12.4. The van der Waals surface area contributed by atoms with E-state index in [0.29, 0.717) is 17.0 Å². The van der Waals surface area contributed by atoms with E-state index in [4.69, 9.17) is 16.7 Å². The van der Waals surface area contributed by atoms with Crippen LogP contribution in [0.25, 0.3) is 0 Å². The van der Waals surface area contributed by atoms with Crippen molar-refractivity contribution in [2.75, 3.05) is 13.2 Å². The second-order valence-corrected chi connectivity index (χ2v) is 5.11. The molecule has 0 spiro atoms. The molecule has 1 fully saturated rings. The summed E-state index contributed by atoms with van der Waals surface area (Å²) in [4.78, 5) is 14.3. The Hall–Kier alpha value is -1.06. The lowest BCUT2D eigenvalue weighted by Gasteiger charge is -2.35. The lowest BCUT2D eigenvalue weighted by atomic mass is 9.98. The fourth-order valence-electron chi connectivity index (χ4n) is 2.50. The molecule has 1 aliphatic heterocycles. The normalized spacial score (nSPS) is 19.9. The number of benzene rings is 1. The van der Waals surface area contributed by atoms with Gasteiger partial charge in [0.1, 0.15) is 0 Å². The third-order valence-corrected chi connectivity index (χ3v) is 3.66. The van der Waals surface area contributed by atoms with Crippen LogP contribution in [0.1, 0.15) is 36.0 Å². The number of aliphatic hydroxyl groups excluding tert-OH is 1. The maximum Gasteiger partial charge on any atom is 0.254 e. The van der Waals surface area contributed by atoms with Crippen LogP contribution >= 0.6 is 11.6 Å². The summed E-state index contributed by atoms with van der Waals surface area (Å²) in [6.07, 6.45) is 3.80. The number of amides is 1. The average Bonchev–Trinajstić information content (AvgIpc) is 2.39. The average molecular weight is 268 g/mol. The van der Waals surface area contributed by atoms with Crippen LogP contribution in [0.4, 0.5) is 0 Å². The zero-order valence-electron chi connectivity index (χ0n) is 10.3. The fourth-order valence-corrected chi connectivity index (χ4v) is 2.69. The Kier molecular flexibility index (Phi) is 4.61. The number of carbonyl (C=O) groups is 1. The van der Waals surface area contributed by atoms with Crippen molar-refractivity contribution in [3.05, 3.63) is 34.9 Å². The van der Waals surface area contributed by atoms with Gasteiger partial charge in [-0.2, -0.15) is 0 Å². The van der Waals surface area contributed by atoms with E-state index in [2.05, 4.69) is 0 Å². The molecule has 0 unspecified atom stereocenters. The Labute approximate surface area is 112 Å². The summed E-state index contributed by atoms with van der Waals surface area (Å²) in [7, 11) is 0. The second kappa shape index (κ2) is 6.21. The van der Waals surface area contributed by atoms with Crippen LogP contribution in [0.5, 0.6) is 0 Å². The predicted molar refractivity (Wildman–Crippen MR) is 71.8 cm³/mol. The maximum atomic E-state index is 12.4. The third kappa shape index (κ3) is 3.03. The molecule has 4 heteroatoms.